The van der Waals surface area contributed by atoms with Crippen molar-refractivity contribution < 1.29 is 9.53 Å². The van der Waals surface area contributed by atoms with Crippen LogP contribution in [0.1, 0.15) is 26.7 Å². The van der Waals surface area contributed by atoms with Crippen LogP contribution in [0, 0.1) is 11.8 Å². The Kier molecular flexibility index (Phi) is 5.01. The molecule has 4 heteroatoms. The monoisotopic (exact) mass is 276 g/mol. The van der Waals surface area contributed by atoms with Gasteiger partial charge < -0.3 is 15.4 Å². The topological polar surface area (TPSA) is 50.4 Å². The normalized spacial score (nSPS) is 16.0. The number of ether oxygens (including phenoxy) is 1. The van der Waals surface area contributed by atoms with Gasteiger partial charge >= 0.3 is 0 Å². The van der Waals surface area contributed by atoms with E-state index in [0.29, 0.717) is 12.5 Å². The molecule has 0 spiro atoms. The molecule has 0 aromatic heterocycles. The predicted octanol–water partition coefficient (Wildman–Crippen LogP) is 3.12. The number of rotatable bonds is 7. The lowest BCUT2D eigenvalue weighted by atomic mass is 10.1. The number of anilines is 2. The Labute approximate surface area is 120 Å². The maximum Gasteiger partial charge on any atom is 0.227 e. The summed E-state index contributed by atoms with van der Waals surface area (Å²) < 4.78 is 5.23. The maximum absolute atomic E-state index is 11.7. The van der Waals surface area contributed by atoms with E-state index in [2.05, 4.69) is 24.5 Å². The van der Waals surface area contributed by atoms with Crippen LogP contribution < -0.4 is 10.6 Å². The second kappa shape index (κ2) is 6.75. The molecule has 0 aliphatic heterocycles. The third-order valence-electron chi connectivity index (χ3n) is 3.60. The quantitative estimate of drug-likeness (QED) is 0.804. The molecule has 1 fully saturated rings. The van der Waals surface area contributed by atoms with Crippen LogP contribution in [0.3, 0.4) is 0 Å². The molecule has 4 nitrogen and oxygen atoms in total. The SMILES string of the molecule is COCC(Nc1ccc(NC(=O)C2CC2)cc1)C(C)C. The molecule has 1 aliphatic carbocycles. The second-order valence-corrected chi connectivity index (χ2v) is 5.79. The summed E-state index contributed by atoms with van der Waals surface area (Å²) in [6.45, 7) is 5.01. The van der Waals surface area contributed by atoms with Gasteiger partial charge in [0, 0.05) is 24.4 Å². The molecule has 0 bridgehead atoms. The van der Waals surface area contributed by atoms with Gasteiger partial charge in [-0.15, -0.1) is 0 Å². The fourth-order valence-corrected chi connectivity index (χ4v) is 2.03. The average molecular weight is 276 g/mol. The van der Waals surface area contributed by atoms with Crippen molar-refractivity contribution in [3.8, 4) is 0 Å². The zero-order valence-electron chi connectivity index (χ0n) is 12.5. The first-order chi connectivity index (χ1) is 9.60. The summed E-state index contributed by atoms with van der Waals surface area (Å²) >= 11 is 0. The molecular formula is C16H24N2O2. The number of amides is 1. The van der Waals surface area contributed by atoms with Crippen molar-refractivity contribution in [2.24, 2.45) is 11.8 Å². The minimum Gasteiger partial charge on any atom is -0.383 e. The van der Waals surface area contributed by atoms with E-state index in [1.807, 2.05) is 24.3 Å². The Morgan fingerprint density at radius 2 is 1.85 bits per heavy atom. The van der Waals surface area contributed by atoms with Gasteiger partial charge in [-0.2, -0.15) is 0 Å². The van der Waals surface area contributed by atoms with Crippen LogP contribution in [0.2, 0.25) is 0 Å². The van der Waals surface area contributed by atoms with E-state index in [0.717, 1.165) is 24.2 Å². The van der Waals surface area contributed by atoms with Crippen molar-refractivity contribution in [3.63, 3.8) is 0 Å². The summed E-state index contributed by atoms with van der Waals surface area (Å²) in [4.78, 5) is 11.7. The van der Waals surface area contributed by atoms with Gasteiger partial charge in [0.25, 0.3) is 0 Å². The van der Waals surface area contributed by atoms with Crippen molar-refractivity contribution in [1.29, 1.82) is 0 Å². The summed E-state index contributed by atoms with van der Waals surface area (Å²) in [5.41, 5.74) is 1.91. The molecule has 1 aliphatic rings. The largest absolute Gasteiger partial charge is 0.383 e. The summed E-state index contributed by atoms with van der Waals surface area (Å²) in [5, 5.41) is 6.40. The first-order valence-corrected chi connectivity index (χ1v) is 7.26. The van der Waals surface area contributed by atoms with Crippen LogP contribution in [0.5, 0.6) is 0 Å². The zero-order valence-corrected chi connectivity index (χ0v) is 12.5. The standard InChI is InChI=1S/C16H24N2O2/c1-11(2)15(10-20-3)17-13-6-8-14(9-7-13)18-16(19)12-4-5-12/h6-9,11-12,15,17H,4-5,10H2,1-3H3,(H,18,19). The van der Waals surface area contributed by atoms with E-state index < -0.39 is 0 Å². The third-order valence-corrected chi connectivity index (χ3v) is 3.60. The van der Waals surface area contributed by atoms with Crippen LogP contribution in [0.4, 0.5) is 11.4 Å². The van der Waals surface area contributed by atoms with Crippen LogP contribution in [0.15, 0.2) is 24.3 Å². The van der Waals surface area contributed by atoms with Gasteiger partial charge in [-0.05, 0) is 43.0 Å². The lowest BCUT2D eigenvalue weighted by Gasteiger charge is -2.22. The number of hydrogen-bond donors (Lipinski definition) is 2. The lowest BCUT2D eigenvalue weighted by molar-refractivity contribution is -0.117. The van der Waals surface area contributed by atoms with E-state index in [9.17, 15) is 4.79 Å². The fraction of sp³-hybridized carbons (Fsp3) is 0.562. The first-order valence-electron chi connectivity index (χ1n) is 7.26. The molecule has 2 rings (SSSR count). The van der Waals surface area contributed by atoms with E-state index in [-0.39, 0.29) is 17.9 Å². The maximum atomic E-state index is 11.7. The highest BCUT2D eigenvalue weighted by molar-refractivity contribution is 5.94. The predicted molar refractivity (Wildman–Crippen MR) is 81.9 cm³/mol. The van der Waals surface area contributed by atoms with Crippen LogP contribution in [-0.4, -0.2) is 25.7 Å². The molecule has 0 radical (unpaired) electrons. The molecule has 1 saturated carbocycles. The van der Waals surface area contributed by atoms with Gasteiger partial charge in [0.05, 0.1) is 12.6 Å². The van der Waals surface area contributed by atoms with Crippen molar-refractivity contribution in [3.05, 3.63) is 24.3 Å². The van der Waals surface area contributed by atoms with E-state index in [1.165, 1.54) is 0 Å². The van der Waals surface area contributed by atoms with Gasteiger partial charge in [-0.3, -0.25) is 4.79 Å². The summed E-state index contributed by atoms with van der Waals surface area (Å²) in [7, 11) is 1.72. The van der Waals surface area contributed by atoms with Crippen LogP contribution in [0.25, 0.3) is 0 Å². The van der Waals surface area contributed by atoms with Crippen LogP contribution in [-0.2, 0) is 9.53 Å². The molecule has 0 heterocycles. The first kappa shape index (κ1) is 14.9. The van der Waals surface area contributed by atoms with Gasteiger partial charge in [0.2, 0.25) is 5.91 Å². The third kappa shape index (κ3) is 4.23. The molecule has 1 aromatic carbocycles. The minimum absolute atomic E-state index is 0.144. The van der Waals surface area contributed by atoms with Gasteiger partial charge in [0.15, 0.2) is 0 Å². The number of methoxy groups -OCH3 is 1. The molecule has 1 atom stereocenters. The molecule has 1 unspecified atom stereocenters. The van der Waals surface area contributed by atoms with Crippen molar-refractivity contribution >= 4 is 17.3 Å². The Morgan fingerprint density at radius 3 is 2.35 bits per heavy atom. The number of carbonyl (C=O) groups is 1. The summed E-state index contributed by atoms with van der Waals surface area (Å²) in [5.74, 6) is 0.870. The van der Waals surface area contributed by atoms with Gasteiger partial charge in [-0.25, -0.2) is 0 Å². The number of carbonyl (C=O) groups excluding carboxylic acids is 1. The summed E-state index contributed by atoms with van der Waals surface area (Å²) in [6, 6.07) is 8.15. The average Bonchev–Trinajstić information content (AvgIpc) is 3.24. The zero-order chi connectivity index (χ0) is 14.5. The number of nitrogens with one attached hydrogen (secondary N) is 2. The van der Waals surface area contributed by atoms with E-state index in [1.54, 1.807) is 7.11 Å². The minimum atomic E-state index is 0.144. The van der Waals surface area contributed by atoms with Crippen molar-refractivity contribution in [2.75, 3.05) is 24.4 Å². The Balaban J connectivity index is 1.91. The molecule has 0 saturated heterocycles. The lowest BCUT2D eigenvalue weighted by Crippen LogP contribution is -2.30. The Morgan fingerprint density at radius 1 is 1.25 bits per heavy atom. The smallest absolute Gasteiger partial charge is 0.227 e. The molecule has 2 N–H and O–H groups in total. The highest BCUT2D eigenvalue weighted by Crippen LogP contribution is 2.30. The van der Waals surface area contributed by atoms with Crippen molar-refractivity contribution in [1.82, 2.24) is 0 Å². The Hall–Kier alpha value is -1.55. The highest BCUT2D eigenvalue weighted by atomic mass is 16.5. The molecule has 1 amide bonds. The molecule has 110 valence electrons. The van der Waals surface area contributed by atoms with Crippen molar-refractivity contribution in [2.45, 2.75) is 32.7 Å². The number of benzene rings is 1. The Bertz CT molecular complexity index is 438. The highest BCUT2D eigenvalue weighted by Gasteiger charge is 2.29. The second-order valence-electron chi connectivity index (χ2n) is 5.79. The van der Waals surface area contributed by atoms with Gasteiger partial charge in [-0.1, -0.05) is 13.8 Å². The molecular weight excluding hydrogens is 252 g/mol. The molecule has 20 heavy (non-hydrogen) atoms. The fourth-order valence-electron chi connectivity index (χ4n) is 2.03. The van der Waals surface area contributed by atoms with Crippen LogP contribution >= 0.6 is 0 Å². The van der Waals surface area contributed by atoms with E-state index in [4.69, 9.17) is 4.74 Å². The summed E-state index contributed by atoms with van der Waals surface area (Å²) in [6.07, 6.45) is 2.05. The van der Waals surface area contributed by atoms with E-state index >= 15 is 0 Å². The molecule has 1 aromatic rings. The van der Waals surface area contributed by atoms with Gasteiger partial charge in [0.1, 0.15) is 0 Å². The number of hydrogen-bond acceptors (Lipinski definition) is 3.